The molecule has 8 heteroatoms. The topological polar surface area (TPSA) is 98.7 Å². The van der Waals surface area contributed by atoms with Crippen LogP contribution in [0.4, 0.5) is 0 Å². The number of carbonyl (C=O) groups excluding carboxylic acids is 1. The summed E-state index contributed by atoms with van der Waals surface area (Å²) in [6.07, 6.45) is 1.15. The SMILES string of the molecule is CC(CCC(=O)NN)Sc1nnnn1C. The third kappa shape index (κ3) is 3.84. The largest absolute Gasteiger partial charge is 0.294 e. The van der Waals surface area contributed by atoms with Crippen LogP contribution in [0.2, 0.25) is 0 Å². The van der Waals surface area contributed by atoms with Crippen molar-refractivity contribution in [2.24, 2.45) is 12.9 Å². The van der Waals surface area contributed by atoms with Gasteiger partial charge in [-0.25, -0.2) is 10.5 Å². The molecule has 0 aromatic carbocycles. The lowest BCUT2D eigenvalue weighted by Crippen LogP contribution is -2.30. The van der Waals surface area contributed by atoms with Gasteiger partial charge < -0.3 is 0 Å². The van der Waals surface area contributed by atoms with Crippen LogP contribution in [0.25, 0.3) is 0 Å². The van der Waals surface area contributed by atoms with Crippen LogP contribution in [0.15, 0.2) is 5.16 Å². The third-order valence-corrected chi connectivity index (χ3v) is 3.02. The van der Waals surface area contributed by atoms with E-state index in [4.69, 9.17) is 5.84 Å². The van der Waals surface area contributed by atoms with Gasteiger partial charge in [-0.1, -0.05) is 18.7 Å². The van der Waals surface area contributed by atoms with Gasteiger partial charge in [0.05, 0.1) is 0 Å². The van der Waals surface area contributed by atoms with Gasteiger partial charge in [-0.15, -0.1) is 5.10 Å². The standard InChI is InChI=1S/C7H14N6OS/c1-5(3-4-6(14)9-8)15-7-10-11-12-13(7)2/h5H,3-4,8H2,1-2H3,(H,9,14). The summed E-state index contributed by atoms with van der Waals surface area (Å²) in [6, 6.07) is 0. The second-order valence-corrected chi connectivity index (χ2v) is 4.53. The Hall–Kier alpha value is -1.15. The van der Waals surface area contributed by atoms with Gasteiger partial charge in [0.25, 0.3) is 0 Å². The molecule has 1 atom stereocenters. The molecule has 1 amide bonds. The summed E-state index contributed by atoms with van der Waals surface area (Å²) in [5, 5.41) is 12.1. The maximum Gasteiger partial charge on any atom is 0.233 e. The molecule has 7 nitrogen and oxygen atoms in total. The van der Waals surface area contributed by atoms with Crippen molar-refractivity contribution >= 4 is 17.7 Å². The Morgan fingerprint density at radius 1 is 1.73 bits per heavy atom. The normalized spacial score (nSPS) is 12.5. The van der Waals surface area contributed by atoms with Gasteiger partial charge in [-0.2, -0.15) is 0 Å². The molecule has 0 radical (unpaired) electrons. The van der Waals surface area contributed by atoms with Gasteiger partial charge in [0.2, 0.25) is 11.1 Å². The lowest BCUT2D eigenvalue weighted by Gasteiger charge is -2.08. The van der Waals surface area contributed by atoms with Crippen LogP contribution < -0.4 is 11.3 Å². The zero-order chi connectivity index (χ0) is 11.3. The van der Waals surface area contributed by atoms with Gasteiger partial charge >= 0.3 is 0 Å². The number of thioether (sulfide) groups is 1. The number of hydrogen-bond donors (Lipinski definition) is 2. The first kappa shape index (κ1) is 11.9. The van der Waals surface area contributed by atoms with Gasteiger partial charge in [-0.05, 0) is 16.8 Å². The van der Waals surface area contributed by atoms with Gasteiger partial charge in [0.1, 0.15) is 0 Å². The Bertz CT molecular complexity index is 327. The molecule has 1 unspecified atom stereocenters. The monoisotopic (exact) mass is 230 g/mol. The Labute approximate surface area is 91.7 Å². The highest BCUT2D eigenvalue weighted by Crippen LogP contribution is 2.22. The lowest BCUT2D eigenvalue weighted by molar-refractivity contribution is -0.121. The Balaban J connectivity index is 2.33. The number of amides is 1. The van der Waals surface area contributed by atoms with Crippen molar-refractivity contribution in [3.63, 3.8) is 0 Å². The van der Waals surface area contributed by atoms with E-state index in [1.54, 1.807) is 11.7 Å². The fraction of sp³-hybridized carbons (Fsp3) is 0.714. The second kappa shape index (κ2) is 5.66. The Morgan fingerprint density at radius 3 is 3.00 bits per heavy atom. The molecule has 0 aliphatic heterocycles. The molecule has 1 aromatic heterocycles. The highest BCUT2D eigenvalue weighted by atomic mass is 32.2. The minimum absolute atomic E-state index is 0.154. The van der Waals surface area contributed by atoms with Crippen LogP contribution in [0.1, 0.15) is 19.8 Å². The van der Waals surface area contributed by atoms with E-state index in [2.05, 4.69) is 21.0 Å². The van der Waals surface area contributed by atoms with Crippen molar-refractivity contribution in [1.29, 1.82) is 0 Å². The van der Waals surface area contributed by atoms with Crippen molar-refractivity contribution in [3.8, 4) is 0 Å². The van der Waals surface area contributed by atoms with E-state index >= 15 is 0 Å². The summed E-state index contributed by atoms with van der Waals surface area (Å²) >= 11 is 1.54. The summed E-state index contributed by atoms with van der Waals surface area (Å²) in [6.45, 7) is 2.02. The molecule has 0 saturated heterocycles. The predicted octanol–water partition coefficient (Wildman–Crippen LogP) is -0.539. The number of nitrogens with two attached hydrogens (primary N) is 1. The van der Waals surface area contributed by atoms with Crippen LogP contribution in [0.3, 0.4) is 0 Å². The van der Waals surface area contributed by atoms with E-state index in [0.29, 0.717) is 6.42 Å². The van der Waals surface area contributed by atoms with E-state index in [0.717, 1.165) is 11.6 Å². The summed E-state index contributed by atoms with van der Waals surface area (Å²) in [7, 11) is 1.78. The molecule has 0 fully saturated rings. The number of hydrogen-bond acceptors (Lipinski definition) is 6. The Kier molecular flexibility index (Phi) is 4.50. The zero-order valence-electron chi connectivity index (χ0n) is 8.67. The van der Waals surface area contributed by atoms with Gasteiger partial charge in [0, 0.05) is 18.7 Å². The molecule has 0 aliphatic carbocycles. The van der Waals surface area contributed by atoms with Crippen molar-refractivity contribution in [3.05, 3.63) is 0 Å². The van der Waals surface area contributed by atoms with Crippen molar-refractivity contribution < 1.29 is 4.79 Å². The molecule has 0 bridgehead atoms. The fourth-order valence-electron chi connectivity index (χ4n) is 0.966. The number of aryl methyl sites for hydroxylation is 1. The maximum atomic E-state index is 10.9. The molecular weight excluding hydrogens is 216 g/mol. The lowest BCUT2D eigenvalue weighted by atomic mass is 10.2. The van der Waals surface area contributed by atoms with Crippen LogP contribution in [-0.2, 0) is 11.8 Å². The van der Waals surface area contributed by atoms with Crippen LogP contribution in [-0.4, -0.2) is 31.4 Å². The first-order valence-electron chi connectivity index (χ1n) is 4.52. The highest BCUT2D eigenvalue weighted by molar-refractivity contribution is 7.99. The molecule has 1 aromatic rings. The first-order valence-corrected chi connectivity index (χ1v) is 5.40. The average molecular weight is 230 g/mol. The maximum absolute atomic E-state index is 10.9. The third-order valence-electron chi connectivity index (χ3n) is 1.83. The van der Waals surface area contributed by atoms with Crippen molar-refractivity contribution in [2.75, 3.05) is 0 Å². The van der Waals surface area contributed by atoms with E-state index < -0.39 is 0 Å². The number of hydrazine groups is 1. The molecule has 15 heavy (non-hydrogen) atoms. The van der Waals surface area contributed by atoms with E-state index in [-0.39, 0.29) is 11.2 Å². The van der Waals surface area contributed by atoms with Crippen LogP contribution >= 0.6 is 11.8 Å². The van der Waals surface area contributed by atoms with Crippen molar-refractivity contribution in [1.82, 2.24) is 25.6 Å². The summed E-state index contributed by atoms with van der Waals surface area (Å²) in [5.41, 5.74) is 2.10. The van der Waals surface area contributed by atoms with Gasteiger partial charge in [-0.3, -0.25) is 10.2 Å². The number of rotatable bonds is 5. The summed E-state index contributed by atoms with van der Waals surface area (Å²) in [5.74, 6) is 4.82. The first-order chi connectivity index (χ1) is 7.13. The number of tetrazole rings is 1. The molecular formula is C7H14N6OS. The highest BCUT2D eigenvalue weighted by Gasteiger charge is 2.11. The summed E-state index contributed by atoms with van der Waals surface area (Å²) in [4.78, 5) is 10.9. The zero-order valence-corrected chi connectivity index (χ0v) is 9.49. The number of nitrogens with zero attached hydrogens (tertiary/aromatic N) is 4. The minimum atomic E-state index is -0.154. The second-order valence-electron chi connectivity index (χ2n) is 3.12. The van der Waals surface area contributed by atoms with Crippen LogP contribution in [0, 0.1) is 0 Å². The van der Waals surface area contributed by atoms with E-state index in [9.17, 15) is 4.79 Å². The fourth-order valence-corrected chi connectivity index (χ4v) is 1.83. The average Bonchev–Trinajstić information content (AvgIpc) is 2.61. The number of nitrogens with one attached hydrogen (secondary N) is 1. The molecule has 84 valence electrons. The van der Waals surface area contributed by atoms with E-state index in [1.165, 1.54) is 11.8 Å². The smallest absolute Gasteiger partial charge is 0.233 e. The van der Waals surface area contributed by atoms with Gasteiger partial charge in [0.15, 0.2) is 0 Å². The molecule has 3 N–H and O–H groups in total. The molecule has 0 aliphatic rings. The summed E-state index contributed by atoms with van der Waals surface area (Å²) < 4.78 is 1.60. The van der Waals surface area contributed by atoms with Crippen LogP contribution in [0.5, 0.6) is 0 Å². The number of aromatic nitrogens is 4. The molecule has 0 saturated carbocycles. The number of carbonyl (C=O) groups is 1. The molecule has 0 spiro atoms. The van der Waals surface area contributed by atoms with E-state index in [1.807, 2.05) is 6.92 Å². The Morgan fingerprint density at radius 2 is 2.47 bits per heavy atom. The molecule has 1 rings (SSSR count). The quantitative estimate of drug-likeness (QED) is 0.305. The molecule has 1 heterocycles. The van der Waals surface area contributed by atoms with Crippen molar-refractivity contribution in [2.45, 2.75) is 30.2 Å². The predicted molar refractivity (Wildman–Crippen MR) is 55.7 cm³/mol. The minimum Gasteiger partial charge on any atom is -0.294 e.